The summed E-state index contributed by atoms with van der Waals surface area (Å²) in [4.78, 5) is 37.8. The van der Waals surface area contributed by atoms with Gasteiger partial charge in [0.1, 0.15) is 13.2 Å². The predicted octanol–water partition coefficient (Wildman–Crippen LogP) is 15.9. The molecule has 0 amide bonds. The van der Waals surface area contributed by atoms with Crippen LogP contribution in [0.1, 0.15) is 226 Å². The van der Waals surface area contributed by atoms with Crippen molar-refractivity contribution in [3.63, 3.8) is 0 Å². The molecule has 0 rings (SSSR count). The highest BCUT2D eigenvalue weighted by Gasteiger charge is 2.19. The molecule has 0 aromatic rings. The molecule has 0 bridgehead atoms. The van der Waals surface area contributed by atoms with E-state index in [1.165, 1.54) is 103 Å². The first kappa shape index (κ1) is 55.9. The van der Waals surface area contributed by atoms with E-state index in [9.17, 15) is 14.4 Å². The second-order valence-corrected chi connectivity index (χ2v) is 16.0. The summed E-state index contributed by atoms with van der Waals surface area (Å²) < 4.78 is 16.6. The van der Waals surface area contributed by atoms with Crippen molar-refractivity contribution in [3.8, 4) is 0 Å². The van der Waals surface area contributed by atoms with Crippen LogP contribution in [0.4, 0.5) is 0 Å². The van der Waals surface area contributed by atoms with Crippen LogP contribution in [0, 0.1) is 0 Å². The molecule has 6 nitrogen and oxygen atoms in total. The van der Waals surface area contributed by atoms with Crippen LogP contribution >= 0.6 is 0 Å². The molecule has 0 spiro atoms. The molecule has 0 N–H and O–H groups in total. The molecule has 0 saturated carbocycles. The van der Waals surface area contributed by atoms with Crippen LogP contribution in [0.25, 0.3) is 0 Å². The summed E-state index contributed by atoms with van der Waals surface area (Å²) in [5, 5.41) is 0. The average Bonchev–Trinajstić information content (AvgIpc) is 3.23. The van der Waals surface area contributed by atoms with Crippen molar-refractivity contribution in [1.82, 2.24) is 0 Å². The quantitative estimate of drug-likeness (QED) is 0.0264. The fraction of sp³-hybridized carbons (Fsp3) is 0.717. The molecular weight excluding hydrogens is 733 g/mol. The number of carbonyl (C=O) groups excluding carboxylic acids is 3. The van der Waals surface area contributed by atoms with Gasteiger partial charge in [0.25, 0.3) is 0 Å². The second-order valence-electron chi connectivity index (χ2n) is 16.0. The number of rotatable bonds is 43. The average molecular weight is 823 g/mol. The van der Waals surface area contributed by atoms with Crippen molar-refractivity contribution >= 4 is 17.9 Å². The fourth-order valence-electron chi connectivity index (χ4n) is 6.57. The van der Waals surface area contributed by atoms with Crippen molar-refractivity contribution in [2.24, 2.45) is 0 Å². The van der Waals surface area contributed by atoms with Crippen LogP contribution < -0.4 is 0 Å². The normalized spacial score (nSPS) is 12.7. The Labute approximate surface area is 363 Å². The SMILES string of the molecule is CC/C=C\C/C=C\C/C=C\C/C=C\C/C=C\CC(=O)OCC(COC(=O)CCCCCCC/C=C\CCCCC)OC(=O)CCCCCCCCCCCCCCCC. The van der Waals surface area contributed by atoms with E-state index in [4.69, 9.17) is 14.2 Å². The van der Waals surface area contributed by atoms with Gasteiger partial charge in [0.05, 0.1) is 6.42 Å². The minimum atomic E-state index is -0.814. The molecule has 0 aliphatic rings. The van der Waals surface area contributed by atoms with Crippen LogP contribution in [0.2, 0.25) is 0 Å². The van der Waals surface area contributed by atoms with Crippen molar-refractivity contribution in [1.29, 1.82) is 0 Å². The highest BCUT2D eigenvalue weighted by molar-refractivity contribution is 5.72. The standard InChI is InChI=1S/C53H90O6/c1-4-7-10-13-16-19-22-25-27-29-31-34-37-40-43-46-52(55)58-49-50(48-57-51(54)45-42-39-36-33-30-24-21-18-15-12-9-6-3)59-53(56)47-44-41-38-35-32-28-26-23-20-17-14-11-8-5-2/h7,10,16,18-19,21,25,27,31,34,40,43,50H,4-6,8-9,11-15,17,20,22-24,26,28-30,32-33,35-39,41-42,44-49H2,1-3H3/b10-7-,19-16-,21-18-,27-25-,34-31-,43-40-. The maximum Gasteiger partial charge on any atom is 0.309 e. The monoisotopic (exact) mass is 823 g/mol. The molecule has 59 heavy (non-hydrogen) atoms. The molecule has 0 radical (unpaired) electrons. The zero-order valence-electron chi connectivity index (χ0n) is 38.5. The topological polar surface area (TPSA) is 78.9 Å². The zero-order valence-corrected chi connectivity index (χ0v) is 38.5. The zero-order chi connectivity index (χ0) is 43.0. The molecule has 1 atom stereocenters. The van der Waals surface area contributed by atoms with Gasteiger partial charge in [-0.25, -0.2) is 0 Å². The minimum absolute atomic E-state index is 0.108. The van der Waals surface area contributed by atoms with Gasteiger partial charge in [-0.3, -0.25) is 14.4 Å². The molecule has 0 aromatic heterocycles. The third-order valence-corrected chi connectivity index (χ3v) is 10.2. The van der Waals surface area contributed by atoms with Crippen LogP contribution in [0.15, 0.2) is 72.9 Å². The highest BCUT2D eigenvalue weighted by atomic mass is 16.6. The third-order valence-electron chi connectivity index (χ3n) is 10.2. The maximum absolute atomic E-state index is 12.8. The van der Waals surface area contributed by atoms with Gasteiger partial charge in [-0.05, 0) is 70.6 Å². The Morgan fingerprint density at radius 2 is 0.729 bits per heavy atom. The van der Waals surface area contributed by atoms with Crippen LogP contribution in [0.3, 0.4) is 0 Å². The lowest BCUT2D eigenvalue weighted by molar-refractivity contribution is -0.166. The predicted molar refractivity (Wildman–Crippen MR) is 251 cm³/mol. The van der Waals surface area contributed by atoms with Gasteiger partial charge >= 0.3 is 17.9 Å². The highest BCUT2D eigenvalue weighted by Crippen LogP contribution is 2.15. The van der Waals surface area contributed by atoms with E-state index in [2.05, 4.69) is 81.5 Å². The molecule has 0 aliphatic heterocycles. The van der Waals surface area contributed by atoms with Crippen molar-refractivity contribution in [3.05, 3.63) is 72.9 Å². The van der Waals surface area contributed by atoms with Gasteiger partial charge in [0, 0.05) is 12.8 Å². The number of allylic oxidation sites excluding steroid dienone is 11. The first-order valence-electron chi connectivity index (χ1n) is 24.4. The molecule has 0 aliphatic carbocycles. The van der Waals surface area contributed by atoms with E-state index in [1.807, 2.05) is 6.08 Å². The Morgan fingerprint density at radius 1 is 0.373 bits per heavy atom. The first-order valence-corrected chi connectivity index (χ1v) is 24.4. The van der Waals surface area contributed by atoms with Crippen molar-refractivity contribution in [2.75, 3.05) is 13.2 Å². The van der Waals surface area contributed by atoms with E-state index in [1.54, 1.807) is 6.08 Å². The molecule has 6 heteroatoms. The number of hydrogen-bond acceptors (Lipinski definition) is 6. The molecule has 0 saturated heterocycles. The molecule has 1 unspecified atom stereocenters. The summed E-state index contributed by atoms with van der Waals surface area (Å²) in [5.74, 6) is -1.05. The van der Waals surface area contributed by atoms with Gasteiger partial charge in [-0.15, -0.1) is 0 Å². The summed E-state index contributed by atoms with van der Waals surface area (Å²) in [6, 6.07) is 0. The summed E-state index contributed by atoms with van der Waals surface area (Å²) in [7, 11) is 0. The number of unbranched alkanes of at least 4 members (excludes halogenated alkanes) is 21. The fourth-order valence-corrected chi connectivity index (χ4v) is 6.57. The van der Waals surface area contributed by atoms with Gasteiger partial charge in [-0.2, -0.15) is 0 Å². The number of esters is 3. The molecule has 0 aromatic carbocycles. The Balaban J connectivity index is 4.51. The third kappa shape index (κ3) is 45.8. The summed E-state index contributed by atoms with van der Waals surface area (Å²) in [6.07, 6.45) is 59.1. The molecule has 0 fully saturated rings. The van der Waals surface area contributed by atoms with E-state index in [0.29, 0.717) is 12.8 Å². The Hall–Kier alpha value is -3.15. The van der Waals surface area contributed by atoms with Crippen LogP contribution in [-0.2, 0) is 28.6 Å². The van der Waals surface area contributed by atoms with E-state index >= 15 is 0 Å². The minimum Gasteiger partial charge on any atom is -0.462 e. The maximum atomic E-state index is 12.8. The Kier molecular flexibility index (Phi) is 45.0. The van der Waals surface area contributed by atoms with E-state index in [0.717, 1.165) is 83.5 Å². The van der Waals surface area contributed by atoms with Crippen molar-refractivity contribution < 1.29 is 28.6 Å². The lowest BCUT2D eigenvalue weighted by Gasteiger charge is -2.18. The lowest BCUT2D eigenvalue weighted by Crippen LogP contribution is -2.30. The van der Waals surface area contributed by atoms with Crippen LogP contribution in [0.5, 0.6) is 0 Å². The number of ether oxygens (including phenoxy) is 3. The van der Waals surface area contributed by atoms with E-state index in [-0.39, 0.29) is 31.6 Å². The Morgan fingerprint density at radius 3 is 1.20 bits per heavy atom. The van der Waals surface area contributed by atoms with E-state index < -0.39 is 12.1 Å². The van der Waals surface area contributed by atoms with Gasteiger partial charge in [0.2, 0.25) is 0 Å². The van der Waals surface area contributed by atoms with Crippen LogP contribution in [-0.4, -0.2) is 37.2 Å². The summed E-state index contributed by atoms with van der Waals surface area (Å²) in [5.41, 5.74) is 0. The molecule has 0 heterocycles. The second kappa shape index (κ2) is 47.5. The smallest absolute Gasteiger partial charge is 0.309 e. The first-order chi connectivity index (χ1) is 29.0. The summed E-state index contributed by atoms with van der Waals surface area (Å²) in [6.45, 7) is 6.40. The summed E-state index contributed by atoms with van der Waals surface area (Å²) >= 11 is 0. The van der Waals surface area contributed by atoms with Gasteiger partial charge in [-0.1, -0.05) is 209 Å². The van der Waals surface area contributed by atoms with Gasteiger partial charge < -0.3 is 14.2 Å². The molecule has 338 valence electrons. The van der Waals surface area contributed by atoms with Gasteiger partial charge in [0.15, 0.2) is 6.10 Å². The number of carbonyl (C=O) groups is 3. The molecular formula is C53H90O6. The largest absolute Gasteiger partial charge is 0.462 e. The lowest BCUT2D eigenvalue weighted by atomic mass is 10.0. The Bertz CT molecular complexity index is 1130. The number of hydrogen-bond donors (Lipinski definition) is 0. The van der Waals surface area contributed by atoms with Crippen molar-refractivity contribution in [2.45, 2.75) is 232 Å².